The van der Waals surface area contributed by atoms with Crippen LogP contribution in [0.5, 0.6) is 0 Å². The van der Waals surface area contributed by atoms with Crippen molar-refractivity contribution in [2.24, 2.45) is 11.8 Å². The highest BCUT2D eigenvalue weighted by Crippen LogP contribution is 2.41. The molecule has 0 radical (unpaired) electrons. The third kappa shape index (κ3) is 3.55. The number of amides is 2. The second kappa shape index (κ2) is 7.30. The molecule has 2 amide bonds. The number of hydrogen-bond donors (Lipinski definition) is 0. The predicted molar refractivity (Wildman–Crippen MR) is 110 cm³/mol. The first-order chi connectivity index (χ1) is 12.8. The van der Waals surface area contributed by atoms with Gasteiger partial charge in [-0.3, -0.25) is 14.5 Å². The molecule has 1 heterocycles. The van der Waals surface area contributed by atoms with Gasteiger partial charge in [0, 0.05) is 5.92 Å². The van der Waals surface area contributed by atoms with Crippen molar-refractivity contribution in [2.45, 2.75) is 52.4 Å². The third-order valence-electron chi connectivity index (χ3n) is 5.75. The predicted octanol–water partition coefficient (Wildman–Crippen LogP) is 5.30. The van der Waals surface area contributed by atoms with E-state index in [1.54, 1.807) is 0 Å². The van der Waals surface area contributed by atoms with Crippen molar-refractivity contribution < 1.29 is 9.59 Å². The topological polar surface area (TPSA) is 37.4 Å². The van der Waals surface area contributed by atoms with Crippen molar-refractivity contribution in [3.63, 3.8) is 0 Å². The van der Waals surface area contributed by atoms with Crippen LogP contribution in [0.25, 0.3) is 0 Å². The number of benzene rings is 2. The van der Waals surface area contributed by atoms with Crippen molar-refractivity contribution in [3.05, 3.63) is 65.7 Å². The van der Waals surface area contributed by atoms with Crippen molar-refractivity contribution in [1.29, 1.82) is 0 Å². The van der Waals surface area contributed by atoms with Gasteiger partial charge >= 0.3 is 0 Å². The van der Waals surface area contributed by atoms with Crippen LogP contribution >= 0.6 is 0 Å². The van der Waals surface area contributed by atoms with Crippen LogP contribution in [0.1, 0.15) is 58.1 Å². The van der Waals surface area contributed by atoms with E-state index in [9.17, 15) is 9.59 Å². The molecule has 0 aliphatic carbocycles. The Labute approximate surface area is 162 Å². The highest BCUT2D eigenvalue weighted by atomic mass is 16.2. The normalized spacial score (nSPS) is 21.6. The molecular formula is C24H29NO2. The van der Waals surface area contributed by atoms with E-state index in [0.29, 0.717) is 5.69 Å². The van der Waals surface area contributed by atoms with Gasteiger partial charge in [-0.25, -0.2) is 0 Å². The molecule has 0 N–H and O–H groups in total. The standard InChI is InChI=1S/C24H29NO2/c1-6-20(17-12-14-18(15-13-17)24(3,4)5)21-16(2)22(26)25(23(21)27)19-10-8-7-9-11-19/h7-16,20-21H,6H2,1-5H3. The molecular weight excluding hydrogens is 334 g/mol. The smallest absolute Gasteiger partial charge is 0.238 e. The minimum Gasteiger partial charge on any atom is -0.274 e. The summed E-state index contributed by atoms with van der Waals surface area (Å²) in [5.41, 5.74) is 3.17. The average molecular weight is 364 g/mol. The fraction of sp³-hybridized carbons (Fsp3) is 0.417. The molecule has 1 fully saturated rings. The molecule has 27 heavy (non-hydrogen) atoms. The second-order valence-corrected chi connectivity index (χ2v) is 8.55. The zero-order valence-corrected chi connectivity index (χ0v) is 16.9. The molecule has 2 aromatic carbocycles. The number of carbonyl (C=O) groups is 2. The molecule has 142 valence electrons. The quantitative estimate of drug-likeness (QED) is 0.691. The summed E-state index contributed by atoms with van der Waals surface area (Å²) in [5, 5.41) is 0. The van der Waals surface area contributed by atoms with Crippen LogP contribution in [0.3, 0.4) is 0 Å². The number of carbonyl (C=O) groups excluding carboxylic acids is 2. The van der Waals surface area contributed by atoms with Gasteiger partial charge in [0.15, 0.2) is 0 Å². The molecule has 3 rings (SSSR count). The molecule has 3 nitrogen and oxygen atoms in total. The molecule has 0 saturated carbocycles. The van der Waals surface area contributed by atoms with Crippen LogP contribution in [0.4, 0.5) is 5.69 Å². The van der Waals surface area contributed by atoms with E-state index in [1.165, 1.54) is 10.5 Å². The Balaban J connectivity index is 1.93. The van der Waals surface area contributed by atoms with E-state index in [2.05, 4.69) is 52.0 Å². The first kappa shape index (κ1) is 19.3. The van der Waals surface area contributed by atoms with E-state index in [4.69, 9.17) is 0 Å². The molecule has 3 unspecified atom stereocenters. The zero-order chi connectivity index (χ0) is 19.8. The fourth-order valence-electron chi connectivity index (χ4n) is 4.11. The van der Waals surface area contributed by atoms with E-state index >= 15 is 0 Å². The number of hydrogen-bond acceptors (Lipinski definition) is 2. The molecule has 3 atom stereocenters. The Morgan fingerprint density at radius 2 is 1.52 bits per heavy atom. The van der Waals surface area contributed by atoms with Crippen molar-refractivity contribution in [3.8, 4) is 0 Å². The Morgan fingerprint density at radius 3 is 2.04 bits per heavy atom. The molecule has 1 aliphatic rings. The van der Waals surface area contributed by atoms with Gasteiger partial charge in [-0.1, -0.05) is 77.1 Å². The summed E-state index contributed by atoms with van der Waals surface area (Å²) in [6, 6.07) is 17.8. The van der Waals surface area contributed by atoms with Gasteiger partial charge in [0.1, 0.15) is 0 Å². The number of para-hydroxylation sites is 1. The van der Waals surface area contributed by atoms with E-state index in [0.717, 1.165) is 12.0 Å². The number of anilines is 1. The van der Waals surface area contributed by atoms with Gasteiger partial charge in [-0.05, 0) is 41.0 Å². The summed E-state index contributed by atoms with van der Waals surface area (Å²) in [5.74, 6) is -0.765. The Kier molecular flexibility index (Phi) is 5.23. The maximum atomic E-state index is 13.2. The summed E-state index contributed by atoms with van der Waals surface area (Å²) in [6.07, 6.45) is 0.825. The zero-order valence-electron chi connectivity index (χ0n) is 16.9. The van der Waals surface area contributed by atoms with E-state index in [1.807, 2.05) is 37.3 Å². The summed E-state index contributed by atoms with van der Waals surface area (Å²) < 4.78 is 0. The SMILES string of the molecule is CCC(c1ccc(C(C)(C)C)cc1)C1C(=O)N(c2ccccc2)C(=O)C1C. The van der Waals surface area contributed by atoms with Gasteiger partial charge in [-0.2, -0.15) is 0 Å². The Bertz CT molecular complexity index is 818. The van der Waals surface area contributed by atoms with Gasteiger partial charge in [-0.15, -0.1) is 0 Å². The van der Waals surface area contributed by atoms with Crippen molar-refractivity contribution in [2.75, 3.05) is 4.90 Å². The highest BCUT2D eigenvalue weighted by molar-refractivity contribution is 6.22. The highest BCUT2D eigenvalue weighted by Gasteiger charge is 2.49. The molecule has 2 aromatic rings. The first-order valence-corrected chi connectivity index (χ1v) is 9.79. The monoisotopic (exact) mass is 363 g/mol. The van der Waals surface area contributed by atoms with Crippen molar-refractivity contribution >= 4 is 17.5 Å². The van der Waals surface area contributed by atoms with Gasteiger partial charge in [0.2, 0.25) is 11.8 Å². The summed E-state index contributed by atoms with van der Waals surface area (Å²) >= 11 is 0. The van der Waals surface area contributed by atoms with Gasteiger partial charge in [0.25, 0.3) is 0 Å². The molecule has 3 heteroatoms. The molecule has 1 saturated heterocycles. The van der Waals surface area contributed by atoms with Crippen LogP contribution in [-0.2, 0) is 15.0 Å². The van der Waals surface area contributed by atoms with Crippen molar-refractivity contribution in [1.82, 2.24) is 0 Å². The van der Waals surface area contributed by atoms with Crippen LogP contribution < -0.4 is 4.90 Å². The van der Waals surface area contributed by atoms with Crippen LogP contribution in [0.2, 0.25) is 0 Å². The fourth-order valence-corrected chi connectivity index (χ4v) is 4.11. The minimum absolute atomic E-state index is 0.0409. The first-order valence-electron chi connectivity index (χ1n) is 9.79. The van der Waals surface area contributed by atoms with Crippen LogP contribution in [-0.4, -0.2) is 11.8 Å². The van der Waals surface area contributed by atoms with E-state index < -0.39 is 0 Å². The molecule has 0 aromatic heterocycles. The largest absolute Gasteiger partial charge is 0.274 e. The third-order valence-corrected chi connectivity index (χ3v) is 5.75. The average Bonchev–Trinajstić information content (AvgIpc) is 2.86. The minimum atomic E-state index is -0.316. The second-order valence-electron chi connectivity index (χ2n) is 8.55. The summed E-state index contributed by atoms with van der Waals surface area (Å²) in [7, 11) is 0. The summed E-state index contributed by atoms with van der Waals surface area (Å²) in [6.45, 7) is 10.6. The maximum Gasteiger partial charge on any atom is 0.238 e. The lowest BCUT2D eigenvalue weighted by molar-refractivity contribution is -0.122. The Morgan fingerprint density at radius 1 is 0.926 bits per heavy atom. The lowest BCUT2D eigenvalue weighted by Crippen LogP contribution is -2.31. The maximum absolute atomic E-state index is 13.2. The van der Waals surface area contributed by atoms with Gasteiger partial charge in [0.05, 0.1) is 11.6 Å². The Hall–Kier alpha value is -2.42. The molecule has 0 spiro atoms. The number of rotatable bonds is 4. The lowest BCUT2D eigenvalue weighted by atomic mass is 9.77. The number of nitrogens with zero attached hydrogens (tertiary/aromatic N) is 1. The summed E-state index contributed by atoms with van der Waals surface area (Å²) in [4.78, 5) is 27.5. The number of imide groups is 1. The molecule has 0 bridgehead atoms. The van der Waals surface area contributed by atoms with Crippen LogP contribution in [0, 0.1) is 11.8 Å². The van der Waals surface area contributed by atoms with Crippen LogP contribution in [0.15, 0.2) is 54.6 Å². The lowest BCUT2D eigenvalue weighted by Gasteiger charge is -2.25. The van der Waals surface area contributed by atoms with Gasteiger partial charge < -0.3 is 0 Å². The molecule has 1 aliphatic heterocycles. The van der Waals surface area contributed by atoms with E-state index in [-0.39, 0.29) is 35.0 Å².